The van der Waals surface area contributed by atoms with Gasteiger partial charge in [0.1, 0.15) is 0 Å². The van der Waals surface area contributed by atoms with Gasteiger partial charge < -0.3 is 10.2 Å². The molecule has 1 aliphatic heterocycles. The molecule has 32 heavy (non-hydrogen) atoms. The first-order valence-electron chi connectivity index (χ1n) is 11.9. The van der Waals surface area contributed by atoms with E-state index in [9.17, 15) is 4.79 Å². The Balaban J connectivity index is 1.27. The molecular weight excluding hydrogens is 416 g/mol. The number of carbonyl (C=O) groups excluding carboxylic acids is 1. The van der Waals surface area contributed by atoms with Crippen LogP contribution in [-0.2, 0) is 12.8 Å². The van der Waals surface area contributed by atoms with Crippen LogP contribution in [0.15, 0.2) is 36.4 Å². The highest BCUT2D eigenvalue weighted by Gasteiger charge is 2.27. The summed E-state index contributed by atoms with van der Waals surface area (Å²) in [6, 6.07) is 13.1. The van der Waals surface area contributed by atoms with Gasteiger partial charge in [0, 0.05) is 29.6 Å². The van der Waals surface area contributed by atoms with E-state index in [1.807, 2.05) is 18.2 Å². The molecule has 6 heteroatoms. The summed E-state index contributed by atoms with van der Waals surface area (Å²) in [4.78, 5) is 17.5. The van der Waals surface area contributed by atoms with Crippen LogP contribution in [-0.4, -0.2) is 46.3 Å². The Morgan fingerprint density at radius 2 is 2.06 bits per heavy atom. The van der Waals surface area contributed by atoms with Gasteiger partial charge in [-0.15, -0.1) is 11.3 Å². The van der Waals surface area contributed by atoms with Crippen molar-refractivity contribution in [1.29, 1.82) is 0 Å². The molecule has 5 rings (SSSR count). The standard InChI is InChI=1S/C26H32N4OS/c1-18-9-6-7-15-29(18)16-8-14-27-26(31)23-17-20-12-13-22-24(25(20)32-23)19(2)28-30(22)21-10-4-3-5-11-21/h3-5,10-11,17-18H,6-9,12-16H2,1-2H3,(H,27,31)/t18-/m1/s1. The summed E-state index contributed by atoms with van der Waals surface area (Å²) in [7, 11) is 0. The van der Waals surface area contributed by atoms with E-state index in [1.165, 1.54) is 47.5 Å². The molecule has 1 aliphatic carbocycles. The first-order valence-corrected chi connectivity index (χ1v) is 12.7. The van der Waals surface area contributed by atoms with Crippen molar-refractivity contribution >= 4 is 17.2 Å². The maximum Gasteiger partial charge on any atom is 0.261 e. The number of hydrogen-bond donors (Lipinski definition) is 1. The first kappa shape index (κ1) is 21.4. The topological polar surface area (TPSA) is 50.2 Å². The lowest BCUT2D eigenvalue weighted by Gasteiger charge is -2.33. The van der Waals surface area contributed by atoms with E-state index < -0.39 is 0 Å². The number of nitrogens with zero attached hydrogens (tertiary/aromatic N) is 3. The van der Waals surface area contributed by atoms with E-state index >= 15 is 0 Å². The maximum atomic E-state index is 12.9. The number of hydrogen-bond acceptors (Lipinski definition) is 4. The van der Waals surface area contributed by atoms with Crippen molar-refractivity contribution in [1.82, 2.24) is 20.0 Å². The molecule has 0 saturated carbocycles. The Morgan fingerprint density at radius 1 is 1.22 bits per heavy atom. The zero-order valence-corrected chi connectivity index (χ0v) is 19.9. The Morgan fingerprint density at radius 3 is 2.88 bits per heavy atom. The first-order chi connectivity index (χ1) is 15.6. The average Bonchev–Trinajstić information content (AvgIpc) is 3.39. The fourth-order valence-electron chi connectivity index (χ4n) is 5.14. The summed E-state index contributed by atoms with van der Waals surface area (Å²) < 4.78 is 2.08. The van der Waals surface area contributed by atoms with Crippen molar-refractivity contribution in [2.45, 2.75) is 58.4 Å². The van der Waals surface area contributed by atoms with Gasteiger partial charge >= 0.3 is 0 Å². The summed E-state index contributed by atoms with van der Waals surface area (Å²) in [5.41, 5.74) is 5.89. The van der Waals surface area contributed by atoms with Gasteiger partial charge in [-0.1, -0.05) is 24.6 Å². The van der Waals surface area contributed by atoms with Crippen LogP contribution in [0.2, 0.25) is 0 Å². The lowest BCUT2D eigenvalue weighted by molar-refractivity contribution is 0.0953. The number of rotatable bonds is 6. The Labute approximate surface area is 194 Å². The van der Waals surface area contributed by atoms with E-state index in [-0.39, 0.29) is 5.91 Å². The van der Waals surface area contributed by atoms with Gasteiger partial charge in [-0.2, -0.15) is 5.10 Å². The smallest absolute Gasteiger partial charge is 0.261 e. The predicted molar refractivity (Wildman–Crippen MR) is 131 cm³/mol. The zero-order valence-electron chi connectivity index (χ0n) is 19.1. The molecule has 0 unspecified atom stereocenters. The number of nitrogens with one attached hydrogen (secondary N) is 1. The van der Waals surface area contributed by atoms with Gasteiger partial charge in [0.15, 0.2) is 0 Å². The van der Waals surface area contributed by atoms with Crippen molar-refractivity contribution in [3.05, 3.63) is 58.2 Å². The van der Waals surface area contributed by atoms with Crippen molar-refractivity contribution in [2.24, 2.45) is 0 Å². The molecule has 5 nitrogen and oxygen atoms in total. The highest BCUT2D eigenvalue weighted by Crippen LogP contribution is 2.42. The summed E-state index contributed by atoms with van der Waals surface area (Å²) in [5.74, 6) is 0.0609. The minimum Gasteiger partial charge on any atom is -0.351 e. The van der Waals surface area contributed by atoms with Crippen LogP contribution in [0.1, 0.15) is 59.2 Å². The molecule has 0 spiro atoms. The number of piperidine rings is 1. The minimum absolute atomic E-state index is 0.0609. The zero-order chi connectivity index (χ0) is 22.1. The van der Waals surface area contributed by atoms with Crippen LogP contribution in [0.25, 0.3) is 16.1 Å². The molecule has 2 aromatic heterocycles. The normalized spacial score (nSPS) is 18.2. The highest BCUT2D eigenvalue weighted by molar-refractivity contribution is 7.17. The minimum atomic E-state index is 0.0609. The third kappa shape index (κ3) is 4.14. The summed E-state index contributed by atoms with van der Waals surface area (Å²) in [6.45, 7) is 7.41. The van der Waals surface area contributed by atoms with Crippen molar-refractivity contribution in [2.75, 3.05) is 19.6 Å². The van der Waals surface area contributed by atoms with E-state index in [0.29, 0.717) is 6.04 Å². The van der Waals surface area contributed by atoms with Gasteiger partial charge in [0.25, 0.3) is 5.91 Å². The number of para-hydroxylation sites is 1. The molecule has 168 valence electrons. The summed E-state index contributed by atoms with van der Waals surface area (Å²) in [5, 5.41) is 8.00. The fourth-order valence-corrected chi connectivity index (χ4v) is 6.38. The maximum absolute atomic E-state index is 12.9. The lowest BCUT2D eigenvalue weighted by Crippen LogP contribution is -2.39. The molecular formula is C26H32N4OS. The third-order valence-electron chi connectivity index (χ3n) is 6.90. The fraction of sp³-hybridized carbons (Fsp3) is 0.462. The number of aromatic nitrogens is 2. The van der Waals surface area contributed by atoms with E-state index in [2.05, 4.69) is 46.9 Å². The van der Waals surface area contributed by atoms with Gasteiger partial charge in [0.2, 0.25) is 0 Å². The van der Waals surface area contributed by atoms with Crippen molar-refractivity contribution < 1.29 is 4.79 Å². The van der Waals surface area contributed by atoms with Crippen LogP contribution >= 0.6 is 11.3 Å². The quantitative estimate of drug-likeness (QED) is 0.540. The molecule has 1 N–H and O–H groups in total. The molecule has 1 aromatic carbocycles. The van der Waals surface area contributed by atoms with Gasteiger partial charge in [-0.25, -0.2) is 4.68 Å². The monoisotopic (exact) mass is 448 g/mol. The predicted octanol–water partition coefficient (Wildman–Crippen LogP) is 5.00. The third-order valence-corrected chi connectivity index (χ3v) is 8.09. The number of thiophene rings is 1. The second-order valence-electron chi connectivity index (χ2n) is 9.11. The SMILES string of the molecule is Cc1nn(-c2ccccc2)c2c1-c1sc(C(=O)NCCCN3CCCC[C@H]3C)cc1CC2. The summed E-state index contributed by atoms with van der Waals surface area (Å²) in [6.07, 6.45) is 6.87. The van der Waals surface area contributed by atoms with Gasteiger partial charge in [-0.3, -0.25) is 4.79 Å². The van der Waals surface area contributed by atoms with E-state index in [0.717, 1.165) is 48.6 Å². The number of aryl methyl sites for hydroxylation is 2. The molecule has 2 aliphatic rings. The molecule has 0 radical (unpaired) electrons. The molecule has 3 heterocycles. The second-order valence-corrected chi connectivity index (χ2v) is 10.2. The van der Waals surface area contributed by atoms with Crippen LogP contribution in [0.3, 0.4) is 0 Å². The molecule has 1 fully saturated rings. The Kier molecular flexibility index (Phi) is 6.15. The summed E-state index contributed by atoms with van der Waals surface area (Å²) >= 11 is 1.62. The Bertz CT molecular complexity index is 1100. The van der Waals surface area contributed by atoms with Crippen molar-refractivity contribution in [3.63, 3.8) is 0 Å². The van der Waals surface area contributed by atoms with Crippen molar-refractivity contribution in [3.8, 4) is 16.1 Å². The number of benzene rings is 1. The molecule has 1 amide bonds. The number of carbonyl (C=O) groups is 1. The molecule has 0 bridgehead atoms. The second kappa shape index (κ2) is 9.20. The highest BCUT2D eigenvalue weighted by atomic mass is 32.1. The Hall–Kier alpha value is -2.44. The van der Waals surface area contributed by atoms with Gasteiger partial charge in [-0.05, 0) is 76.3 Å². The average molecular weight is 449 g/mol. The van der Waals surface area contributed by atoms with Crippen LogP contribution in [0, 0.1) is 6.92 Å². The van der Waals surface area contributed by atoms with E-state index in [4.69, 9.17) is 5.10 Å². The number of amides is 1. The van der Waals surface area contributed by atoms with Crippen LogP contribution in [0.5, 0.6) is 0 Å². The van der Waals surface area contributed by atoms with E-state index in [1.54, 1.807) is 11.3 Å². The molecule has 3 aromatic rings. The van der Waals surface area contributed by atoms with Gasteiger partial charge in [0.05, 0.1) is 22.0 Å². The molecule has 1 saturated heterocycles. The largest absolute Gasteiger partial charge is 0.351 e. The number of likely N-dealkylation sites (tertiary alicyclic amines) is 1. The van der Waals surface area contributed by atoms with Crippen LogP contribution in [0.4, 0.5) is 0 Å². The van der Waals surface area contributed by atoms with Crippen LogP contribution < -0.4 is 5.32 Å². The lowest BCUT2D eigenvalue weighted by atomic mass is 9.95. The number of fused-ring (bicyclic) bond motifs is 3. The molecule has 1 atom stereocenters.